The number of rotatable bonds is 8. The number of carbonyl (C=O) groups is 4. The first-order chi connectivity index (χ1) is 18.6. The third-order valence-electron chi connectivity index (χ3n) is 9.04. The van der Waals surface area contributed by atoms with Crippen molar-refractivity contribution in [2.45, 2.75) is 57.4 Å². The van der Waals surface area contributed by atoms with Crippen LogP contribution < -0.4 is 16.0 Å². The average molecular weight is 559 g/mol. The van der Waals surface area contributed by atoms with Gasteiger partial charge in [-0.2, -0.15) is 0 Å². The van der Waals surface area contributed by atoms with Gasteiger partial charge < -0.3 is 36.2 Å². The molecule has 0 radical (unpaired) electrons. The zero-order chi connectivity index (χ0) is 29.8. The first-order valence-electron chi connectivity index (χ1n) is 13.9. The van der Waals surface area contributed by atoms with E-state index in [-0.39, 0.29) is 24.2 Å². The molecule has 0 aliphatic heterocycles. The number of hydrogen-bond acceptors (Lipinski definition) is 10. The largest absolute Gasteiger partial charge is 0.507 e. The highest BCUT2D eigenvalue weighted by atomic mass is 16.3. The maximum Gasteiger partial charge on any atom is 0.230 e. The first-order valence-corrected chi connectivity index (χ1v) is 13.9. The number of aromatic hydroxyl groups is 1. The number of Topliss-reactive ketones (excluding diaryl/α,β-unsaturated/α-hetero) is 3. The van der Waals surface area contributed by atoms with Crippen LogP contribution in [0.3, 0.4) is 0 Å². The third kappa shape index (κ3) is 4.62. The van der Waals surface area contributed by atoms with Gasteiger partial charge in [0.05, 0.1) is 17.6 Å². The van der Waals surface area contributed by atoms with Crippen LogP contribution in [0.15, 0.2) is 6.07 Å². The maximum absolute atomic E-state index is 14.1. The molecule has 4 rings (SSSR count). The molecule has 3 aliphatic rings. The molecule has 4 unspecified atom stereocenters. The minimum absolute atomic E-state index is 0.0300. The van der Waals surface area contributed by atoms with Gasteiger partial charge in [-0.05, 0) is 63.4 Å². The molecule has 3 aliphatic carbocycles. The summed E-state index contributed by atoms with van der Waals surface area (Å²) in [6.07, 6.45) is -0.239. The molecule has 0 spiro atoms. The lowest BCUT2D eigenvalue weighted by atomic mass is 9.52. The second kappa shape index (κ2) is 10.8. The number of hydrogen-bond donors (Lipinski definition) is 5. The lowest BCUT2D eigenvalue weighted by Gasteiger charge is -2.55. The Kier molecular flexibility index (Phi) is 8.16. The number of amides is 1. The maximum atomic E-state index is 14.1. The number of carbonyl (C=O) groups excluding carboxylic acids is 4. The summed E-state index contributed by atoms with van der Waals surface area (Å²) in [7, 11) is 6.93. The molecule has 11 heteroatoms. The Morgan fingerprint density at radius 2 is 1.82 bits per heavy atom. The number of primary amides is 1. The van der Waals surface area contributed by atoms with Gasteiger partial charge in [0.1, 0.15) is 11.7 Å². The number of aliphatic hydroxyl groups is 2. The minimum Gasteiger partial charge on any atom is -0.507 e. The first kappa shape index (κ1) is 30.1. The van der Waals surface area contributed by atoms with E-state index in [9.17, 15) is 34.5 Å². The van der Waals surface area contributed by atoms with Crippen LogP contribution in [-0.2, 0) is 27.3 Å². The van der Waals surface area contributed by atoms with E-state index in [1.54, 1.807) is 19.0 Å². The minimum atomic E-state index is -2.67. The van der Waals surface area contributed by atoms with Gasteiger partial charge in [-0.1, -0.05) is 13.8 Å². The van der Waals surface area contributed by atoms with Crippen LogP contribution in [-0.4, -0.2) is 96.0 Å². The average Bonchev–Trinajstić information content (AvgIpc) is 2.84. The monoisotopic (exact) mass is 558 g/mol. The Balaban J connectivity index is 1.80. The Morgan fingerprint density at radius 3 is 2.38 bits per heavy atom. The van der Waals surface area contributed by atoms with Gasteiger partial charge in [0.25, 0.3) is 0 Å². The smallest absolute Gasteiger partial charge is 0.230 e. The van der Waals surface area contributed by atoms with Gasteiger partial charge in [-0.25, -0.2) is 0 Å². The van der Waals surface area contributed by atoms with Gasteiger partial charge >= 0.3 is 0 Å². The van der Waals surface area contributed by atoms with Crippen molar-refractivity contribution < 1.29 is 34.5 Å². The number of likely N-dealkylation sites (N-methyl/N-ethyl adjacent to an activating group) is 1. The predicted molar refractivity (Wildman–Crippen MR) is 148 cm³/mol. The van der Waals surface area contributed by atoms with Crippen molar-refractivity contribution in [3.63, 3.8) is 0 Å². The molecule has 2 fully saturated rings. The summed E-state index contributed by atoms with van der Waals surface area (Å²) in [6, 6.07) is 0.918. The quantitative estimate of drug-likeness (QED) is 0.213. The predicted octanol–water partition coefficient (Wildman–Crippen LogP) is -0.139. The summed E-state index contributed by atoms with van der Waals surface area (Å²) < 4.78 is 0. The van der Waals surface area contributed by atoms with E-state index in [0.29, 0.717) is 23.6 Å². The molecule has 0 heterocycles. The summed E-state index contributed by atoms with van der Waals surface area (Å²) in [5.74, 6) is -8.47. The normalized spacial score (nSPS) is 31.7. The summed E-state index contributed by atoms with van der Waals surface area (Å²) >= 11 is 0. The van der Waals surface area contributed by atoms with Crippen LogP contribution in [0.1, 0.15) is 48.2 Å². The van der Waals surface area contributed by atoms with Gasteiger partial charge in [0.2, 0.25) is 5.91 Å². The second-order valence-electron chi connectivity index (χ2n) is 12.5. The van der Waals surface area contributed by atoms with Crippen molar-refractivity contribution >= 4 is 28.9 Å². The topological polar surface area (TPSA) is 174 Å². The molecule has 0 aromatic heterocycles. The van der Waals surface area contributed by atoms with E-state index in [2.05, 4.69) is 19.2 Å². The zero-order valence-electron chi connectivity index (χ0n) is 24.1. The number of phenolic OH excluding ortho intramolecular Hbond substituents is 1. The second-order valence-corrected chi connectivity index (χ2v) is 12.5. The van der Waals surface area contributed by atoms with Crippen LogP contribution in [0.4, 0.5) is 5.69 Å². The van der Waals surface area contributed by atoms with E-state index in [1.807, 2.05) is 25.1 Å². The summed E-state index contributed by atoms with van der Waals surface area (Å²) in [5.41, 5.74) is 4.66. The number of aliphatic hydroxyl groups excluding tert-OH is 1. The molecule has 6 N–H and O–H groups in total. The van der Waals surface area contributed by atoms with Gasteiger partial charge in [0.15, 0.2) is 23.0 Å². The van der Waals surface area contributed by atoms with E-state index in [0.717, 1.165) is 18.7 Å². The highest BCUT2D eigenvalue weighted by Crippen LogP contribution is 2.52. The standard InChI is InChI=1S/C29H42N4O7/c1-13(2)7-8-31-12-15-11-18(32(3)4)16-9-14-10-17-22(33(5)6)25(36)21(28(30)39)27(38)29(17,40)26(37)19(14)24(35)20(16)23(15)34/h11,13-14,17,19,21-22,25,31,34,36,40H,7-10,12H2,1-6H3,(H2,30,39)/t14-,17-,19?,21?,22?,25?,29-/m1/s1. The van der Waals surface area contributed by atoms with Crippen LogP contribution in [0.2, 0.25) is 0 Å². The fourth-order valence-corrected chi connectivity index (χ4v) is 7.07. The molecule has 7 atom stereocenters. The highest BCUT2D eigenvalue weighted by molar-refractivity contribution is 6.25. The molecular weight excluding hydrogens is 516 g/mol. The van der Waals surface area contributed by atoms with Gasteiger partial charge in [0, 0.05) is 43.9 Å². The molecule has 11 nitrogen and oxygen atoms in total. The molecule has 1 aromatic carbocycles. The highest BCUT2D eigenvalue weighted by Gasteiger charge is 2.69. The number of benzene rings is 1. The molecular formula is C29H42N4O7. The van der Waals surface area contributed by atoms with Gasteiger partial charge in [-0.15, -0.1) is 0 Å². The van der Waals surface area contributed by atoms with E-state index in [1.165, 1.54) is 0 Å². The van der Waals surface area contributed by atoms with Crippen LogP contribution in [0.5, 0.6) is 5.75 Å². The van der Waals surface area contributed by atoms with Crippen molar-refractivity contribution in [3.05, 3.63) is 22.8 Å². The summed E-state index contributed by atoms with van der Waals surface area (Å²) in [6.45, 7) is 5.26. The van der Waals surface area contributed by atoms with Crippen molar-refractivity contribution in [2.75, 3.05) is 39.6 Å². The summed E-state index contributed by atoms with van der Waals surface area (Å²) in [5, 5.41) is 37.3. The molecule has 220 valence electrons. The molecule has 0 saturated heterocycles. The molecule has 1 amide bonds. The van der Waals surface area contributed by atoms with Crippen molar-refractivity contribution in [1.29, 1.82) is 0 Å². The number of nitrogens with one attached hydrogen (secondary N) is 1. The molecule has 0 bridgehead atoms. The molecule has 2 saturated carbocycles. The van der Waals surface area contributed by atoms with Crippen LogP contribution in [0, 0.1) is 29.6 Å². The fourth-order valence-electron chi connectivity index (χ4n) is 7.07. The van der Waals surface area contributed by atoms with Crippen LogP contribution in [0.25, 0.3) is 0 Å². The Bertz CT molecular complexity index is 1230. The number of nitrogens with zero attached hydrogens (tertiary/aromatic N) is 2. The number of nitrogens with two attached hydrogens (primary N) is 1. The van der Waals surface area contributed by atoms with Crippen molar-refractivity contribution in [1.82, 2.24) is 10.2 Å². The van der Waals surface area contributed by atoms with Gasteiger partial charge in [-0.3, -0.25) is 19.2 Å². The third-order valence-corrected chi connectivity index (χ3v) is 9.04. The number of fused-ring (bicyclic) bond motifs is 3. The SMILES string of the molecule is CC(C)CCNCc1cc(N(C)C)c2c(c1O)C(=O)C1C(=O)[C@@]3(O)C(=O)C(C(N)=O)C(O)C(N(C)C)[C@H]3C[C@H]1C2. The Morgan fingerprint density at radius 1 is 1.18 bits per heavy atom. The van der Waals surface area contributed by atoms with E-state index in [4.69, 9.17) is 5.73 Å². The fraction of sp³-hybridized carbons (Fsp3) is 0.655. The Hall–Kier alpha value is -2.86. The number of phenols is 1. The summed E-state index contributed by atoms with van der Waals surface area (Å²) in [4.78, 5) is 57.2. The Labute approximate surface area is 234 Å². The molecule has 40 heavy (non-hydrogen) atoms. The van der Waals surface area contributed by atoms with Crippen molar-refractivity contribution in [2.24, 2.45) is 35.3 Å². The lowest BCUT2D eigenvalue weighted by molar-refractivity contribution is -0.190. The van der Waals surface area contributed by atoms with E-state index < -0.39 is 64.7 Å². The zero-order valence-corrected chi connectivity index (χ0v) is 24.1. The molecule has 1 aromatic rings. The van der Waals surface area contributed by atoms with Crippen molar-refractivity contribution in [3.8, 4) is 5.75 Å². The number of anilines is 1. The van der Waals surface area contributed by atoms with E-state index >= 15 is 0 Å². The lowest BCUT2D eigenvalue weighted by Crippen LogP contribution is -2.75. The van der Waals surface area contributed by atoms with Crippen LogP contribution >= 0.6 is 0 Å². The number of ketones is 3.